The lowest BCUT2D eigenvalue weighted by Crippen LogP contribution is -2.16. The van der Waals surface area contributed by atoms with Crippen LogP contribution in [0.3, 0.4) is 0 Å². The number of aliphatic hydroxyl groups is 1. The number of halogens is 3. The van der Waals surface area contributed by atoms with Crippen LogP contribution in [0.15, 0.2) is 23.1 Å². The lowest BCUT2D eigenvalue weighted by atomic mass is 10.1. The van der Waals surface area contributed by atoms with Crippen LogP contribution in [0.1, 0.15) is 29.8 Å². The van der Waals surface area contributed by atoms with Gasteiger partial charge in [0.1, 0.15) is 0 Å². The first-order valence-corrected chi connectivity index (χ1v) is 6.30. The number of aromatic carboxylic acids is 1. The number of hydrogen-bond acceptors (Lipinski definition) is 3. The van der Waals surface area contributed by atoms with Gasteiger partial charge in [-0.05, 0) is 25.1 Å². The fourth-order valence-corrected chi connectivity index (χ4v) is 2.29. The number of carbonyl (C=O) groups is 1. The van der Waals surface area contributed by atoms with Crippen molar-refractivity contribution in [2.75, 3.05) is 0 Å². The molecule has 0 aliphatic carbocycles. The quantitative estimate of drug-likeness (QED) is 0.837. The molecule has 0 aliphatic heterocycles. The molecule has 2 N–H and O–H groups in total. The second-order valence-corrected chi connectivity index (χ2v) is 5.52. The normalized spacial score (nSPS) is 15.1. The van der Waals surface area contributed by atoms with Crippen molar-refractivity contribution in [2.45, 2.75) is 36.3 Å². The third kappa shape index (κ3) is 4.14. The zero-order valence-electron chi connectivity index (χ0n) is 10.2. The molecule has 0 fully saturated rings. The summed E-state index contributed by atoms with van der Waals surface area (Å²) in [5.41, 5.74) is -1.95. The molecule has 1 aromatic carbocycles. The van der Waals surface area contributed by atoms with Gasteiger partial charge in [-0.2, -0.15) is 13.2 Å². The summed E-state index contributed by atoms with van der Waals surface area (Å²) in [6.07, 6.45) is -5.35. The minimum Gasteiger partial charge on any atom is -0.478 e. The maximum absolute atomic E-state index is 12.6. The SMILES string of the molecule is CC(O)C(C)Sc1ccc(C(F)(F)F)c(C(=O)O)c1. The molecule has 0 saturated heterocycles. The van der Waals surface area contributed by atoms with Crippen molar-refractivity contribution in [2.24, 2.45) is 0 Å². The first-order valence-electron chi connectivity index (χ1n) is 5.42. The van der Waals surface area contributed by atoms with Crippen LogP contribution in [-0.2, 0) is 6.18 Å². The zero-order valence-corrected chi connectivity index (χ0v) is 11.0. The van der Waals surface area contributed by atoms with E-state index in [9.17, 15) is 23.1 Å². The Hall–Kier alpha value is -1.21. The number of alkyl halides is 3. The predicted octanol–water partition coefficient (Wildman–Crippen LogP) is 3.27. The summed E-state index contributed by atoms with van der Waals surface area (Å²) in [5.74, 6) is -1.63. The van der Waals surface area contributed by atoms with Crippen LogP contribution in [0.5, 0.6) is 0 Å². The molecule has 0 saturated carbocycles. The third-order valence-electron chi connectivity index (χ3n) is 2.53. The standard InChI is InChI=1S/C12H13F3O3S/c1-6(16)7(2)19-8-3-4-10(12(13,14)15)9(5-8)11(17)18/h3-7,16H,1-2H3,(H,17,18). The van der Waals surface area contributed by atoms with E-state index in [1.165, 1.54) is 6.07 Å². The molecular formula is C12H13F3O3S. The smallest absolute Gasteiger partial charge is 0.417 e. The van der Waals surface area contributed by atoms with E-state index in [-0.39, 0.29) is 5.25 Å². The molecule has 0 bridgehead atoms. The molecule has 2 unspecified atom stereocenters. The Balaban J connectivity index is 3.14. The Bertz CT molecular complexity index is 472. The molecule has 3 nitrogen and oxygen atoms in total. The van der Waals surface area contributed by atoms with Crippen LogP contribution in [0, 0.1) is 0 Å². The lowest BCUT2D eigenvalue weighted by Gasteiger charge is -2.16. The Labute approximate surface area is 112 Å². The number of carboxylic acid groups (broad SMARTS) is 1. The van der Waals surface area contributed by atoms with Gasteiger partial charge in [-0.25, -0.2) is 4.79 Å². The summed E-state index contributed by atoms with van der Waals surface area (Å²) in [6, 6.07) is 2.94. The van der Waals surface area contributed by atoms with Crippen LogP contribution < -0.4 is 0 Å². The second-order valence-electron chi connectivity index (χ2n) is 4.07. The molecule has 0 heterocycles. The molecular weight excluding hydrogens is 281 g/mol. The van der Waals surface area contributed by atoms with Gasteiger partial charge in [0.15, 0.2) is 0 Å². The van der Waals surface area contributed by atoms with Crippen LogP contribution >= 0.6 is 11.8 Å². The molecule has 0 spiro atoms. The summed E-state index contributed by atoms with van der Waals surface area (Å²) in [6.45, 7) is 3.26. The van der Waals surface area contributed by atoms with Gasteiger partial charge in [0.05, 0.1) is 17.2 Å². The molecule has 0 amide bonds. The first-order chi connectivity index (χ1) is 8.62. The molecule has 1 aromatic rings. The number of thioether (sulfide) groups is 1. The Morgan fingerprint density at radius 2 is 1.89 bits per heavy atom. The number of aliphatic hydroxyl groups excluding tert-OH is 1. The summed E-state index contributed by atoms with van der Waals surface area (Å²) < 4.78 is 37.9. The van der Waals surface area contributed by atoms with Crippen molar-refractivity contribution in [1.82, 2.24) is 0 Å². The van der Waals surface area contributed by atoms with Crippen molar-refractivity contribution in [3.63, 3.8) is 0 Å². The van der Waals surface area contributed by atoms with E-state index in [1.54, 1.807) is 13.8 Å². The fourth-order valence-electron chi connectivity index (χ4n) is 1.33. The van der Waals surface area contributed by atoms with Gasteiger partial charge in [0, 0.05) is 10.1 Å². The van der Waals surface area contributed by atoms with Crippen LogP contribution in [0.4, 0.5) is 13.2 Å². The topological polar surface area (TPSA) is 57.5 Å². The summed E-state index contributed by atoms with van der Waals surface area (Å²) >= 11 is 1.12. The Morgan fingerprint density at radius 3 is 2.32 bits per heavy atom. The molecule has 2 atom stereocenters. The highest BCUT2D eigenvalue weighted by Crippen LogP contribution is 2.35. The molecule has 0 aromatic heterocycles. The highest BCUT2D eigenvalue weighted by Gasteiger charge is 2.35. The minimum atomic E-state index is -4.70. The van der Waals surface area contributed by atoms with Crippen molar-refractivity contribution in [3.05, 3.63) is 29.3 Å². The summed E-state index contributed by atoms with van der Waals surface area (Å²) in [4.78, 5) is 11.3. The largest absolute Gasteiger partial charge is 0.478 e. The monoisotopic (exact) mass is 294 g/mol. The Kier molecular flexibility index (Phi) is 4.86. The molecule has 106 valence electrons. The molecule has 1 rings (SSSR count). The highest BCUT2D eigenvalue weighted by atomic mass is 32.2. The molecule has 0 aliphatic rings. The van der Waals surface area contributed by atoms with Crippen molar-refractivity contribution in [1.29, 1.82) is 0 Å². The fraction of sp³-hybridized carbons (Fsp3) is 0.417. The zero-order chi connectivity index (χ0) is 14.8. The van der Waals surface area contributed by atoms with Crippen LogP contribution in [-0.4, -0.2) is 27.5 Å². The first kappa shape index (κ1) is 15.8. The Morgan fingerprint density at radius 1 is 1.32 bits per heavy atom. The van der Waals surface area contributed by atoms with Gasteiger partial charge >= 0.3 is 12.1 Å². The molecule has 19 heavy (non-hydrogen) atoms. The van der Waals surface area contributed by atoms with E-state index in [0.717, 1.165) is 23.9 Å². The number of hydrogen-bond donors (Lipinski definition) is 2. The highest BCUT2D eigenvalue weighted by molar-refractivity contribution is 8.00. The average Bonchev–Trinajstić information content (AvgIpc) is 2.27. The minimum absolute atomic E-state index is 0.251. The third-order valence-corrected chi connectivity index (χ3v) is 3.82. The summed E-state index contributed by atoms with van der Waals surface area (Å²) in [7, 11) is 0. The van der Waals surface area contributed by atoms with Crippen LogP contribution in [0.2, 0.25) is 0 Å². The molecule has 7 heteroatoms. The van der Waals surface area contributed by atoms with Gasteiger partial charge in [-0.1, -0.05) is 6.92 Å². The van der Waals surface area contributed by atoms with E-state index in [0.29, 0.717) is 4.90 Å². The maximum Gasteiger partial charge on any atom is 0.417 e. The lowest BCUT2D eigenvalue weighted by molar-refractivity contribution is -0.138. The van der Waals surface area contributed by atoms with Crippen molar-refractivity contribution < 1.29 is 28.2 Å². The van der Waals surface area contributed by atoms with Crippen molar-refractivity contribution in [3.8, 4) is 0 Å². The van der Waals surface area contributed by atoms with Gasteiger partial charge in [-0.15, -0.1) is 11.8 Å². The molecule has 0 radical (unpaired) electrons. The van der Waals surface area contributed by atoms with E-state index >= 15 is 0 Å². The number of carboxylic acids is 1. The average molecular weight is 294 g/mol. The van der Waals surface area contributed by atoms with Gasteiger partial charge < -0.3 is 10.2 Å². The maximum atomic E-state index is 12.6. The van der Waals surface area contributed by atoms with Crippen molar-refractivity contribution >= 4 is 17.7 Å². The number of benzene rings is 1. The predicted molar refractivity (Wildman–Crippen MR) is 65.4 cm³/mol. The van der Waals surface area contributed by atoms with Gasteiger partial charge in [-0.3, -0.25) is 0 Å². The van der Waals surface area contributed by atoms with Crippen LogP contribution in [0.25, 0.3) is 0 Å². The van der Waals surface area contributed by atoms with Gasteiger partial charge in [0.2, 0.25) is 0 Å². The van der Waals surface area contributed by atoms with E-state index in [2.05, 4.69) is 0 Å². The second kappa shape index (κ2) is 5.83. The van der Waals surface area contributed by atoms with E-state index < -0.39 is 29.4 Å². The number of rotatable bonds is 4. The summed E-state index contributed by atoms with van der Waals surface area (Å²) in [5, 5.41) is 17.9. The van der Waals surface area contributed by atoms with E-state index in [1.807, 2.05) is 0 Å². The van der Waals surface area contributed by atoms with E-state index in [4.69, 9.17) is 5.11 Å². The van der Waals surface area contributed by atoms with Gasteiger partial charge in [0.25, 0.3) is 0 Å².